The van der Waals surface area contributed by atoms with Crippen molar-refractivity contribution in [1.29, 1.82) is 0 Å². The molecule has 1 saturated heterocycles. The number of rotatable bonds is 3. The van der Waals surface area contributed by atoms with E-state index in [4.69, 9.17) is 23.2 Å². The second kappa shape index (κ2) is 7.04. The number of aromatic nitrogens is 2. The summed E-state index contributed by atoms with van der Waals surface area (Å²) in [6, 6.07) is 0.697. The van der Waals surface area contributed by atoms with Gasteiger partial charge >= 0.3 is 0 Å². The van der Waals surface area contributed by atoms with Crippen molar-refractivity contribution >= 4 is 35.0 Å². The molecule has 1 unspecified atom stereocenters. The summed E-state index contributed by atoms with van der Waals surface area (Å²) in [6.07, 6.45) is 3.14. The molecule has 2 rings (SSSR count). The second-order valence-electron chi connectivity index (χ2n) is 4.95. The highest BCUT2D eigenvalue weighted by molar-refractivity contribution is 6.34. The topological polar surface area (TPSA) is 75.2 Å². The van der Waals surface area contributed by atoms with Crippen LogP contribution in [-0.4, -0.2) is 46.0 Å². The summed E-state index contributed by atoms with van der Waals surface area (Å²) in [5.74, 6) is -0.582. The molecule has 6 nitrogen and oxygen atoms in total. The Kier molecular flexibility index (Phi) is 5.36. The van der Waals surface area contributed by atoms with Crippen LogP contribution in [0.4, 0.5) is 0 Å². The van der Waals surface area contributed by atoms with Crippen molar-refractivity contribution in [3.63, 3.8) is 0 Å². The summed E-state index contributed by atoms with van der Waals surface area (Å²) in [4.78, 5) is 26.1. The molecule has 1 aromatic rings. The quantitative estimate of drug-likeness (QED) is 0.918. The van der Waals surface area contributed by atoms with Gasteiger partial charge in [0.15, 0.2) is 10.3 Å². The molecule has 0 spiro atoms. The first-order valence-electron chi connectivity index (χ1n) is 6.77. The molecule has 1 aliphatic heterocycles. The number of carbonyl (C=O) groups is 2. The van der Waals surface area contributed by atoms with E-state index in [0.717, 1.165) is 32.4 Å². The van der Waals surface area contributed by atoms with Crippen molar-refractivity contribution in [3.8, 4) is 0 Å². The van der Waals surface area contributed by atoms with E-state index in [-0.39, 0.29) is 21.8 Å². The minimum absolute atomic E-state index is 0.0467. The van der Waals surface area contributed by atoms with Crippen LogP contribution in [0.1, 0.15) is 36.5 Å². The van der Waals surface area contributed by atoms with Crippen LogP contribution in [0.5, 0.6) is 0 Å². The molecular weight excluding hydrogens is 315 g/mol. The fourth-order valence-electron chi connectivity index (χ4n) is 2.24. The van der Waals surface area contributed by atoms with Gasteiger partial charge in [-0.3, -0.25) is 9.59 Å². The number of hydrogen-bond acceptors (Lipinski definition) is 4. The van der Waals surface area contributed by atoms with E-state index in [1.54, 1.807) is 11.8 Å². The van der Waals surface area contributed by atoms with Gasteiger partial charge in [0.25, 0.3) is 5.91 Å². The summed E-state index contributed by atoms with van der Waals surface area (Å²) in [5, 5.41) is 9.75. The van der Waals surface area contributed by atoms with Gasteiger partial charge in [-0.1, -0.05) is 23.2 Å². The van der Waals surface area contributed by atoms with Crippen molar-refractivity contribution in [2.24, 2.45) is 0 Å². The number of likely N-dealkylation sites (tertiary alicyclic amines) is 1. The molecule has 0 saturated carbocycles. The van der Waals surface area contributed by atoms with Crippen molar-refractivity contribution in [3.05, 3.63) is 21.9 Å². The molecule has 1 N–H and O–H groups in total. The molecule has 21 heavy (non-hydrogen) atoms. The average molecular weight is 331 g/mol. The fourth-order valence-corrected chi connectivity index (χ4v) is 2.56. The van der Waals surface area contributed by atoms with Crippen molar-refractivity contribution in [1.82, 2.24) is 20.4 Å². The molecule has 0 bridgehead atoms. The zero-order valence-electron chi connectivity index (χ0n) is 11.6. The summed E-state index contributed by atoms with van der Waals surface area (Å²) < 4.78 is 0. The van der Waals surface area contributed by atoms with Crippen LogP contribution in [0.25, 0.3) is 0 Å². The van der Waals surface area contributed by atoms with Gasteiger partial charge in [-0.15, -0.1) is 10.2 Å². The maximum absolute atomic E-state index is 12.2. The first kappa shape index (κ1) is 16.0. The molecule has 114 valence electrons. The normalized spacial score (nSPS) is 16.4. The third-order valence-electron chi connectivity index (χ3n) is 3.35. The zero-order chi connectivity index (χ0) is 15.4. The van der Waals surface area contributed by atoms with E-state index in [0.29, 0.717) is 0 Å². The number of nitrogens with one attached hydrogen (secondary N) is 1. The predicted molar refractivity (Wildman–Crippen MR) is 79.4 cm³/mol. The molecule has 2 heterocycles. The highest BCUT2D eigenvalue weighted by atomic mass is 35.5. The molecule has 1 aliphatic rings. The Morgan fingerprint density at radius 1 is 1.24 bits per heavy atom. The van der Waals surface area contributed by atoms with Crippen molar-refractivity contribution < 1.29 is 9.59 Å². The molecule has 1 atom stereocenters. The van der Waals surface area contributed by atoms with Gasteiger partial charge in [0, 0.05) is 13.1 Å². The predicted octanol–water partition coefficient (Wildman–Crippen LogP) is 1.91. The van der Waals surface area contributed by atoms with Crippen LogP contribution in [0.2, 0.25) is 10.3 Å². The van der Waals surface area contributed by atoms with Crippen LogP contribution in [0.15, 0.2) is 6.07 Å². The minimum atomic E-state index is -0.626. The highest BCUT2D eigenvalue weighted by Gasteiger charge is 2.24. The van der Waals surface area contributed by atoms with Gasteiger partial charge in [0.2, 0.25) is 5.91 Å². The lowest BCUT2D eigenvalue weighted by Gasteiger charge is -2.29. The molecule has 0 aliphatic carbocycles. The Bertz CT molecular complexity index is 547. The lowest BCUT2D eigenvalue weighted by atomic mass is 10.1. The van der Waals surface area contributed by atoms with Crippen LogP contribution in [0.3, 0.4) is 0 Å². The number of halogens is 2. The van der Waals surface area contributed by atoms with Gasteiger partial charge in [-0.05, 0) is 32.3 Å². The first-order chi connectivity index (χ1) is 9.99. The van der Waals surface area contributed by atoms with Gasteiger partial charge < -0.3 is 10.2 Å². The van der Waals surface area contributed by atoms with Crippen LogP contribution < -0.4 is 5.32 Å². The average Bonchev–Trinajstić information content (AvgIpc) is 2.49. The largest absolute Gasteiger partial charge is 0.341 e. The summed E-state index contributed by atoms with van der Waals surface area (Å²) in [5.41, 5.74) is 0.106. The minimum Gasteiger partial charge on any atom is -0.341 e. The van der Waals surface area contributed by atoms with Crippen LogP contribution in [-0.2, 0) is 4.79 Å². The fraction of sp³-hybridized carbons (Fsp3) is 0.538. The SMILES string of the molecule is CC(NC(=O)c1cc(Cl)nnc1Cl)C(=O)N1CCCCC1. The lowest BCUT2D eigenvalue weighted by molar-refractivity contribution is -0.133. The Balaban J connectivity index is 2.01. The summed E-state index contributed by atoms with van der Waals surface area (Å²) >= 11 is 11.5. The summed E-state index contributed by atoms with van der Waals surface area (Å²) in [6.45, 7) is 3.13. The lowest BCUT2D eigenvalue weighted by Crippen LogP contribution is -2.48. The molecule has 0 aromatic carbocycles. The molecule has 1 aromatic heterocycles. The number of carbonyl (C=O) groups excluding carboxylic acids is 2. The van der Waals surface area contributed by atoms with Crippen LogP contribution >= 0.6 is 23.2 Å². The monoisotopic (exact) mass is 330 g/mol. The molecule has 2 amide bonds. The van der Waals surface area contributed by atoms with Gasteiger partial charge in [-0.25, -0.2) is 0 Å². The van der Waals surface area contributed by atoms with Gasteiger partial charge in [-0.2, -0.15) is 0 Å². The number of hydrogen-bond donors (Lipinski definition) is 1. The Morgan fingerprint density at radius 3 is 2.57 bits per heavy atom. The first-order valence-corrected chi connectivity index (χ1v) is 7.53. The Morgan fingerprint density at radius 2 is 1.90 bits per heavy atom. The van der Waals surface area contributed by atoms with E-state index in [2.05, 4.69) is 15.5 Å². The van der Waals surface area contributed by atoms with E-state index >= 15 is 0 Å². The molecule has 0 radical (unpaired) electrons. The zero-order valence-corrected chi connectivity index (χ0v) is 13.1. The van der Waals surface area contributed by atoms with Crippen molar-refractivity contribution in [2.45, 2.75) is 32.2 Å². The highest BCUT2D eigenvalue weighted by Crippen LogP contribution is 2.16. The maximum Gasteiger partial charge on any atom is 0.255 e. The summed E-state index contributed by atoms with van der Waals surface area (Å²) in [7, 11) is 0. The number of piperidine rings is 1. The third kappa shape index (κ3) is 4.04. The molecular formula is C13H16Cl2N4O2. The standard InChI is InChI=1S/C13H16Cl2N4O2/c1-8(13(21)19-5-3-2-4-6-19)16-12(20)9-7-10(14)17-18-11(9)15/h7-8H,2-6H2,1H3,(H,16,20). The van der Waals surface area contributed by atoms with E-state index in [9.17, 15) is 9.59 Å². The van der Waals surface area contributed by atoms with E-state index in [1.165, 1.54) is 6.07 Å². The van der Waals surface area contributed by atoms with E-state index < -0.39 is 11.9 Å². The van der Waals surface area contributed by atoms with Crippen LogP contribution in [0, 0.1) is 0 Å². The maximum atomic E-state index is 12.2. The Hall–Kier alpha value is -1.40. The Labute approximate surface area is 132 Å². The third-order valence-corrected chi connectivity index (χ3v) is 3.81. The van der Waals surface area contributed by atoms with Gasteiger partial charge in [0.05, 0.1) is 5.56 Å². The number of nitrogens with zero attached hydrogens (tertiary/aromatic N) is 3. The molecule has 8 heteroatoms. The van der Waals surface area contributed by atoms with E-state index in [1.807, 2.05) is 0 Å². The number of amides is 2. The second-order valence-corrected chi connectivity index (χ2v) is 5.70. The molecule has 1 fully saturated rings. The van der Waals surface area contributed by atoms with Gasteiger partial charge in [0.1, 0.15) is 6.04 Å². The smallest absolute Gasteiger partial charge is 0.255 e. The van der Waals surface area contributed by atoms with Crippen molar-refractivity contribution in [2.75, 3.05) is 13.1 Å².